The normalized spacial score (nSPS) is 18.9. The number of carbonyl (C=O) groups is 1. The van der Waals surface area contributed by atoms with Crippen molar-refractivity contribution in [1.29, 1.82) is 0 Å². The van der Waals surface area contributed by atoms with Crippen molar-refractivity contribution in [3.8, 4) is 5.69 Å². The fraction of sp³-hybridized carbons (Fsp3) is 0.545. The second-order valence-corrected chi connectivity index (χ2v) is 8.69. The van der Waals surface area contributed by atoms with Crippen molar-refractivity contribution in [1.82, 2.24) is 19.6 Å². The maximum absolute atomic E-state index is 13.3. The minimum atomic E-state index is 0.108. The molecule has 1 aromatic heterocycles. The van der Waals surface area contributed by atoms with E-state index < -0.39 is 0 Å². The quantitative estimate of drug-likeness (QED) is 0.766. The number of likely N-dealkylation sites (tertiary alicyclic amines) is 2. The Labute approximate surface area is 172 Å². The molecule has 6 heteroatoms. The Bertz CT molecular complexity index is 833. The summed E-state index contributed by atoms with van der Waals surface area (Å²) in [6.45, 7) is 8.33. The van der Waals surface area contributed by atoms with Gasteiger partial charge < -0.3 is 9.80 Å². The average Bonchev–Trinajstić information content (AvgIpc) is 3.37. The Morgan fingerprint density at radius 1 is 1.14 bits per heavy atom. The molecule has 28 heavy (non-hydrogen) atoms. The smallest absolute Gasteiger partial charge is 0.257 e. The van der Waals surface area contributed by atoms with Gasteiger partial charge in [0.15, 0.2) is 0 Å². The van der Waals surface area contributed by atoms with Crippen LogP contribution in [0, 0.1) is 0 Å². The highest BCUT2D eigenvalue weighted by Gasteiger charge is 2.31. The van der Waals surface area contributed by atoms with E-state index in [4.69, 9.17) is 11.6 Å². The van der Waals surface area contributed by atoms with Gasteiger partial charge in [0.25, 0.3) is 5.91 Å². The molecule has 2 saturated heterocycles. The topological polar surface area (TPSA) is 41.4 Å². The Morgan fingerprint density at radius 3 is 2.50 bits per heavy atom. The van der Waals surface area contributed by atoms with Gasteiger partial charge >= 0.3 is 0 Å². The molecule has 2 aromatic rings. The van der Waals surface area contributed by atoms with Crippen LogP contribution in [0.3, 0.4) is 0 Å². The van der Waals surface area contributed by atoms with Gasteiger partial charge in [-0.1, -0.05) is 31.5 Å². The lowest BCUT2D eigenvalue weighted by molar-refractivity contribution is 0.0643. The Balaban J connectivity index is 1.53. The van der Waals surface area contributed by atoms with Crippen molar-refractivity contribution in [3.63, 3.8) is 0 Å². The molecule has 1 amide bonds. The maximum Gasteiger partial charge on any atom is 0.257 e. The second kappa shape index (κ2) is 8.26. The molecule has 5 nitrogen and oxygen atoms in total. The van der Waals surface area contributed by atoms with Crippen LogP contribution in [0.4, 0.5) is 0 Å². The summed E-state index contributed by atoms with van der Waals surface area (Å²) in [5, 5.41) is 5.21. The van der Waals surface area contributed by atoms with Gasteiger partial charge in [-0.2, -0.15) is 5.10 Å². The van der Waals surface area contributed by atoms with Gasteiger partial charge in [-0.05, 0) is 62.9 Å². The zero-order chi connectivity index (χ0) is 19.7. The molecule has 150 valence electrons. The van der Waals surface area contributed by atoms with E-state index in [0.717, 1.165) is 42.9 Å². The van der Waals surface area contributed by atoms with E-state index in [0.29, 0.717) is 11.1 Å². The highest BCUT2D eigenvalue weighted by molar-refractivity contribution is 6.30. The molecule has 2 fully saturated rings. The predicted octanol–water partition coefficient (Wildman–Crippen LogP) is 4.35. The second-order valence-electron chi connectivity index (χ2n) is 8.26. The molecule has 0 spiro atoms. The number of nitrogens with zero attached hydrogens (tertiary/aromatic N) is 4. The molecule has 4 rings (SSSR count). The molecular formula is C22H29ClN4O. The number of hydrogen-bond acceptors (Lipinski definition) is 3. The first kappa shape index (κ1) is 19.5. The third kappa shape index (κ3) is 3.83. The lowest BCUT2D eigenvalue weighted by Gasteiger charge is -2.36. The average molecular weight is 401 g/mol. The standard InChI is InChI=1S/C22H29ClN4O/c1-16(2)21-20(15-24-27(21)19-7-5-6-17(23)14-19)22(28)26-12-8-18(9-13-26)25-10-3-4-11-25/h5-7,14-16,18H,3-4,8-13H2,1-2H3. The number of benzene rings is 1. The van der Waals surface area contributed by atoms with Crippen molar-refractivity contribution in [3.05, 3.63) is 46.7 Å². The van der Waals surface area contributed by atoms with Crippen molar-refractivity contribution in [2.45, 2.75) is 51.5 Å². The van der Waals surface area contributed by atoms with E-state index >= 15 is 0 Å². The molecule has 0 unspecified atom stereocenters. The molecule has 3 heterocycles. The number of rotatable bonds is 4. The van der Waals surface area contributed by atoms with Crippen LogP contribution >= 0.6 is 11.6 Å². The van der Waals surface area contributed by atoms with Gasteiger partial charge in [0.2, 0.25) is 0 Å². The minimum absolute atomic E-state index is 0.108. The number of halogens is 1. The van der Waals surface area contributed by atoms with Crippen LogP contribution in [-0.2, 0) is 0 Å². The van der Waals surface area contributed by atoms with E-state index in [-0.39, 0.29) is 11.8 Å². The van der Waals surface area contributed by atoms with Gasteiger partial charge in [-0.25, -0.2) is 4.68 Å². The van der Waals surface area contributed by atoms with Crippen LogP contribution in [0.1, 0.15) is 61.5 Å². The van der Waals surface area contributed by atoms with Crippen LogP contribution in [0.25, 0.3) is 5.69 Å². The Kier molecular flexibility index (Phi) is 5.74. The van der Waals surface area contributed by atoms with Crippen LogP contribution in [0.5, 0.6) is 0 Å². The number of hydrogen-bond donors (Lipinski definition) is 0. The van der Waals surface area contributed by atoms with E-state index in [9.17, 15) is 4.79 Å². The van der Waals surface area contributed by atoms with Gasteiger partial charge in [0.1, 0.15) is 0 Å². The first-order valence-corrected chi connectivity index (χ1v) is 10.8. The van der Waals surface area contributed by atoms with Crippen molar-refractivity contribution in [2.75, 3.05) is 26.2 Å². The number of piperidine rings is 1. The summed E-state index contributed by atoms with van der Waals surface area (Å²) in [5.74, 6) is 0.291. The number of carbonyl (C=O) groups excluding carboxylic acids is 1. The molecule has 1 aromatic carbocycles. The Hall–Kier alpha value is -1.85. The summed E-state index contributed by atoms with van der Waals surface area (Å²) in [7, 11) is 0. The van der Waals surface area contributed by atoms with E-state index in [1.807, 2.05) is 33.8 Å². The van der Waals surface area contributed by atoms with E-state index in [2.05, 4.69) is 23.8 Å². The summed E-state index contributed by atoms with van der Waals surface area (Å²) < 4.78 is 1.86. The van der Waals surface area contributed by atoms with Gasteiger partial charge in [0, 0.05) is 24.2 Å². The first-order chi connectivity index (χ1) is 13.5. The SMILES string of the molecule is CC(C)c1c(C(=O)N2CCC(N3CCCC3)CC2)cnn1-c1cccc(Cl)c1. The lowest BCUT2D eigenvalue weighted by atomic mass is 10.0. The van der Waals surface area contributed by atoms with Crippen LogP contribution in [0.15, 0.2) is 30.5 Å². The molecule has 0 N–H and O–H groups in total. The van der Waals surface area contributed by atoms with Crippen molar-refractivity contribution >= 4 is 17.5 Å². The summed E-state index contributed by atoms with van der Waals surface area (Å²) in [5.41, 5.74) is 2.56. The van der Waals surface area contributed by atoms with Crippen molar-refractivity contribution < 1.29 is 4.79 Å². The zero-order valence-electron chi connectivity index (χ0n) is 16.8. The van der Waals surface area contributed by atoms with Crippen molar-refractivity contribution in [2.24, 2.45) is 0 Å². The third-order valence-electron chi connectivity index (χ3n) is 6.05. The molecule has 0 radical (unpaired) electrons. The summed E-state index contributed by atoms with van der Waals surface area (Å²) in [6, 6.07) is 8.26. The predicted molar refractivity (Wildman–Crippen MR) is 112 cm³/mol. The molecule has 2 aliphatic heterocycles. The van der Waals surface area contributed by atoms with Gasteiger partial charge in [-0.3, -0.25) is 4.79 Å². The molecular weight excluding hydrogens is 372 g/mol. The monoisotopic (exact) mass is 400 g/mol. The molecule has 0 aliphatic carbocycles. The van der Waals surface area contributed by atoms with Gasteiger partial charge in [-0.15, -0.1) is 0 Å². The number of aromatic nitrogens is 2. The first-order valence-electron chi connectivity index (χ1n) is 10.4. The third-order valence-corrected chi connectivity index (χ3v) is 6.28. The molecule has 0 saturated carbocycles. The van der Waals surface area contributed by atoms with Crippen LogP contribution in [-0.4, -0.2) is 57.7 Å². The lowest BCUT2D eigenvalue weighted by Crippen LogP contribution is -2.46. The fourth-order valence-corrected chi connectivity index (χ4v) is 4.79. The largest absolute Gasteiger partial charge is 0.338 e. The number of amides is 1. The highest BCUT2D eigenvalue weighted by Crippen LogP contribution is 2.27. The summed E-state index contributed by atoms with van der Waals surface area (Å²) in [4.78, 5) is 17.9. The molecule has 0 atom stereocenters. The zero-order valence-corrected chi connectivity index (χ0v) is 17.5. The van der Waals surface area contributed by atoms with Crippen LogP contribution in [0.2, 0.25) is 5.02 Å². The molecule has 0 bridgehead atoms. The summed E-state index contributed by atoms with van der Waals surface area (Å²) in [6.07, 6.45) is 6.51. The molecule has 2 aliphatic rings. The minimum Gasteiger partial charge on any atom is -0.338 e. The van der Waals surface area contributed by atoms with E-state index in [1.165, 1.54) is 25.9 Å². The van der Waals surface area contributed by atoms with Crippen LogP contribution < -0.4 is 0 Å². The fourth-order valence-electron chi connectivity index (χ4n) is 4.60. The Morgan fingerprint density at radius 2 is 1.86 bits per heavy atom. The maximum atomic E-state index is 13.3. The van der Waals surface area contributed by atoms with E-state index in [1.54, 1.807) is 6.20 Å². The van der Waals surface area contributed by atoms with Gasteiger partial charge in [0.05, 0.1) is 23.1 Å². The summed E-state index contributed by atoms with van der Waals surface area (Å²) >= 11 is 6.16. The highest BCUT2D eigenvalue weighted by atomic mass is 35.5.